The molecule has 0 spiro atoms. The van der Waals surface area contributed by atoms with Gasteiger partial charge in [-0.2, -0.15) is 15.3 Å². The molecule has 3 aromatic heterocycles. The smallest absolute Gasteiger partial charge is 0.277 e. The molecule has 11 heteroatoms. The van der Waals surface area contributed by atoms with Crippen molar-refractivity contribution < 1.29 is 9.59 Å². The van der Waals surface area contributed by atoms with E-state index in [0.717, 1.165) is 5.56 Å². The first-order chi connectivity index (χ1) is 12.3. The Morgan fingerprint density at radius 2 is 1.85 bits per heavy atom. The Hall–Kier alpha value is -2.70. The van der Waals surface area contributed by atoms with Crippen molar-refractivity contribution >= 4 is 40.1 Å². The Labute approximate surface area is 162 Å². The molecule has 3 rings (SSSR count). The van der Waals surface area contributed by atoms with Gasteiger partial charge in [0.15, 0.2) is 5.69 Å². The van der Waals surface area contributed by atoms with Crippen molar-refractivity contribution in [1.29, 1.82) is 0 Å². The van der Waals surface area contributed by atoms with Gasteiger partial charge in [-0.1, -0.05) is 0 Å². The summed E-state index contributed by atoms with van der Waals surface area (Å²) in [6, 6.07) is 0. The molecule has 0 aliphatic heterocycles. The fraction of sp³-hybridized carbons (Fsp3) is 0.267. The molecular weight excluding hydrogens is 451 g/mol. The van der Waals surface area contributed by atoms with E-state index >= 15 is 0 Å². The molecule has 0 saturated carbocycles. The van der Waals surface area contributed by atoms with Crippen LogP contribution in [0.15, 0.2) is 24.8 Å². The summed E-state index contributed by atoms with van der Waals surface area (Å²) in [6.07, 6.45) is 6.66. The maximum Gasteiger partial charge on any atom is 0.277 e. The zero-order chi connectivity index (χ0) is 18.8. The third-order valence-electron chi connectivity index (χ3n) is 3.61. The Kier molecular flexibility index (Phi) is 5.06. The van der Waals surface area contributed by atoms with Gasteiger partial charge in [-0.15, -0.1) is 0 Å². The predicted octanol–water partition coefficient (Wildman–Crippen LogP) is 0.674. The molecule has 0 aromatic carbocycles. The molecule has 3 heterocycles. The van der Waals surface area contributed by atoms with E-state index in [4.69, 9.17) is 0 Å². The van der Waals surface area contributed by atoms with E-state index in [0.29, 0.717) is 21.5 Å². The van der Waals surface area contributed by atoms with Gasteiger partial charge in [0.05, 0.1) is 21.7 Å². The number of rotatable bonds is 5. The zero-order valence-electron chi connectivity index (χ0n) is 14.4. The monoisotopic (exact) mass is 468 g/mol. The van der Waals surface area contributed by atoms with E-state index in [1.165, 1.54) is 10.9 Å². The van der Waals surface area contributed by atoms with Gasteiger partial charge < -0.3 is 10.6 Å². The molecule has 0 radical (unpaired) electrons. The molecule has 0 atom stereocenters. The molecule has 10 nitrogen and oxygen atoms in total. The lowest BCUT2D eigenvalue weighted by Gasteiger charge is -2.08. The highest BCUT2D eigenvalue weighted by atomic mass is 127. The number of nitrogens with zero attached hydrogens (tertiary/aromatic N) is 6. The van der Waals surface area contributed by atoms with Crippen LogP contribution >= 0.6 is 22.6 Å². The molecule has 26 heavy (non-hydrogen) atoms. The Bertz CT molecular complexity index is 970. The molecule has 0 aliphatic rings. The van der Waals surface area contributed by atoms with Gasteiger partial charge in [-0.05, 0) is 22.6 Å². The molecular formula is C15H17IN8O2. The highest BCUT2D eigenvalue weighted by Crippen LogP contribution is 2.17. The number of anilines is 1. The summed E-state index contributed by atoms with van der Waals surface area (Å²) in [5, 5.41) is 17.8. The standard InChI is InChI=1S/C15H17IN8O2/c1-22-7-9(5-18-22)4-17-15(26)13-11(6-19-24(13)3)20-14(25)12-10(16)8-23(2)21-12/h5-8H,4H2,1-3H3,(H,17,26)(H,20,25). The lowest BCUT2D eigenvalue weighted by Crippen LogP contribution is -2.27. The number of carbonyl (C=O) groups excluding carboxylic acids is 2. The highest BCUT2D eigenvalue weighted by molar-refractivity contribution is 14.1. The van der Waals surface area contributed by atoms with Crippen LogP contribution in [0, 0.1) is 3.57 Å². The second-order valence-corrected chi connectivity index (χ2v) is 6.85. The minimum Gasteiger partial charge on any atom is -0.346 e. The molecule has 0 saturated heterocycles. The quantitative estimate of drug-likeness (QED) is 0.535. The third kappa shape index (κ3) is 3.76. The summed E-state index contributed by atoms with van der Waals surface area (Å²) < 4.78 is 5.35. The van der Waals surface area contributed by atoms with Crippen molar-refractivity contribution in [3.63, 3.8) is 0 Å². The molecule has 0 bridgehead atoms. The number of aryl methyl sites for hydroxylation is 3. The van der Waals surface area contributed by atoms with Crippen molar-refractivity contribution in [2.45, 2.75) is 6.54 Å². The number of hydrogen-bond acceptors (Lipinski definition) is 5. The van der Waals surface area contributed by atoms with Crippen molar-refractivity contribution in [2.75, 3.05) is 5.32 Å². The summed E-state index contributed by atoms with van der Waals surface area (Å²) in [6.45, 7) is 0.323. The minimum absolute atomic E-state index is 0.258. The zero-order valence-corrected chi connectivity index (χ0v) is 16.6. The molecule has 3 aromatic rings. The van der Waals surface area contributed by atoms with Crippen LogP contribution in [0.5, 0.6) is 0 Å². The normalized spacial score (nSPS) is 10.8. The molecule has 0 fully saturated rings. The summed E-state index contributed by atoms with van der Waals surface area (Å²) >= 11 is 2.04. The van der Waals surface area contributed by atoms with Crippen molar-refractivity contribution in [2.24, 2.45) is 21.1 Å². The molecule has 0 aliphatic carbocycles. The van der Waals surface area contributed by atoms with Crippen molar-refractivity contribution in [1.82, 2.24) is 34.7 Å². The van der Waals surface area contributed by atoms with Gasteiger partial charge in [-0.3, -0.25) is 23.6 Å². The van der Waals surface area contributed by atoms with Gasteiger partial charge in [0.1, 0.15) is 5.69 Å². The van der Waals surface area contributed by atoms with Crippen LogP contribution in [0.2, 0.25) is 0 Å². The van der Waals surface area contributed by atoms with E-state index in [9.17, 15) is 9.59 Å². The first-order valence-corrected chi connectivity index (χ1v) is 8.71. The number of nitrogens with one attached hydrogen (secondary N) is 2. The van der Waals surface area contributed by atoms with Gasteiger partial charge in [0.2, 0.25) is 0 Å². The number of hydrogen-bond donors (Lipinski definition) is 2. The summed E-state index contributed by atoms with van der Waals surface area (Å²) in [4.78, 5) is 25.0. The van der Waals surface area contributed by atoms with Gasteiger partial charge >= 0.3 is 0 Å². The lowest BCUT2D eigenvalue weighted by atomic mass is 10.3. The fourth-order valence-electron chi connectivity index (χ4n) is 2.42. The third-order valence-corrected chi connectivity index (χ3v) is 4.40. The van der Waals surface area contributed by atoms with E-state index in [1.54, 1.807) is 42.9 Å². The summed E-state index contributed by atoms with van der Waals surface area (Å²) in [5.41, 5.74) is 1.74. The average Bonchev–Trinajstić information content (AvgIpc) is 3.25. The second-order valence-electron chi connectivity index (χ2n) is 5.69. The maximum atomic E-state index is 12.5. The van der Waals surface area contributed by atoms with Crippen molar-refractivity contribution in [3.8, 4) is 0 Å². The minimum atomic E-state index is -0.399. The molecule has 136 valence electrons. The molecule has 2 amide bonds. The predicted molar refractivity (Wildman–Crippen MR) is 101 cm³/mol. The van der Waals surface area contributed by atoms with E-state index < -0.39 is 5.91 Å². The van der Waals surface area contributed by atoms with E-state index in [2.05, 4.69) is 25.9 Å². The van der Waals surface area contributed by atoms with Crippen LogP contribution in [0.25, 0.3) is 0 Å². The van der Waals surface area contributed by atoms with Crippen LogP contribution in [0.1, 0.15) is 26.5 Å². The first-order valence-electron chi connectivity index (χ1n) is 7.63. The van der Waals surface area contributed by atoms with Crippen LogP contribution in [0.4, 0.5) is 5.69 Å². The SMILES string of the molecule is Cn1cc(CNC(=O)c2c(NC(=O)c3nn(C)cc3I)cnn2C)cn1. The number of carbonyl (C=O) groups is 2. The fourth-order valence-corrected chi connectivity index (χ4v) is 3.18. The van der Waals surface area contributed by atoms with Crippen LogP contribution in [-0.4, -0.2) is 41.2 Å². The number of amides is 2. The largest absolute Gasteiger partial charge is 0.346 e. The number of halogens is 1. The molecule has 2 N–H and O–H groups in total. The average molecular weight is 468 g/mol. The molecule has 0 unspecified atom stereocenters. The van der Waals surface area contributed by atoms with E-state index in [-0.39, 0.29) is 11.6 Å². The van der Waals surface area contributed by atoms with E-state index in [1.807, 2.05) is 28.8 Å². The second kappa shape index (κ2) is 7.27. The maximum absolute atomic E-state index is 12.5. The van der Waals surface area contributed by atoms with Crippen LogP contribution in [0.3, 0.4) is 0 Å². The topological polar surface area (TPSA) is 112 Å². The highest BCUT2D eigenvalue weighted by Gasteiger charge is 2.21. The van der Waals surface area contributed by atoms with Crippen molar-refractivity contribution in [3.05, 3.63) is 45.3 Å². The van der Waals surface area contributed by atoms with Crippen LogP contribution in [-0.2, 0) is 27.7 Å². The van der Waals surface area contributed by atoms with Gasteiger partial charge in [0.25, 0.3) is 11.8 Å². The first kappa shape index (κ1) is 18.1. The Morgan fingerprint density at radius 1 is 1.08 bits per heavy atom. The van der Waals surface area contributed by atoms with Crippen LogP contribution < -0.4 is 10.6 Å². The lowest BCUT2D eigenvalue weighted by molar-refractivity contribution is 0.0942. The Balaban J connectivity index is 1.74. The summed E-state index contributed by atoms with van der Waals surface area (Å²) in [7, 11) is 5.18. The Morgan fingerprint density at radius 3 is 2.46 bits per heavy atom. The summed E-state index contributed by atoms with van der Waals surface area (Å²) in [5.74, 6) is -0.746. The van der Waals surface area contributed by atoms with Gasteiger partial charge in [-0.25, -0.2) is 0 Å². The number of aromatic nitrogens is 6. The van der Waals surface area contributed by atoms with Gasteiger partial charge in [0, 0.05) is 45.6 Å².